The fourth-order valence-electron chi connectivity index (χ4n) is 2.05. The van der Waals surface area contributed by atoms with E-state index in [-0.39, 0.29) is 18.2 Å². The van der Waals surface area contributed by atoms with Crippen molar-refractivity contribution in [2.45, 2.75) is 19.1 Å². The normalized spacial score (nSPS) is 20.4. The SMILES string of the molecule is COc1ccc(NC(=O)N2CCOC(C(C)N)C2)cc1. The van der Waals surface area contributed by atoms with Gasteiger partial charge < -0.3 is 25.4 Å². The highest BCUT2D eigenvalue weighted by Gasteiger charge is 2.26. The molecule has 6 nitrogen and oxygen atoms in total. The predicted molar refractivity (Wildman–Crippen MR) is 77.0 cm³/mol. The van der Waals surface area contributed by atoms with Gasteiger partial charge in [-0.1, -0.05) is 0 Å². The van der Waals surface area contributed by atoms with E-state index in [0.29, 0.717) is 19.7 Å². The first-order valence-electron chi connectivity index (χ1n) is 6.67. The number of nitrogens with one attached hydrogen (secondary N) is 1. The minimum Gasteiger partial charge on any atom is -0.497 e. The molecule has 110 valence electrons. The number of amides is 2. The molecule has 2 amide bonds. The largest absolute Gasteiger partial charge is 0.497 e. The monoisotopic (exact) mass is 279 g/mol. The van der Waals surface area contributed by atoms with Crippen molar-refractivity contribution in [2.75, 3.05) is 32.1 Å². The molecule has 2 atom stereocenters. The van der Waals surface area contributed by atoms with Gasteiger partial charge in [0.1, 0.15) is 5.75 Å². The zero-order valence-electron chi connectivity index (χ0n) is 11.8. The molecule has 1 aliphatic heterocycles. The molecule has 1 fully saturated rings. The van der Waals surface area contributed by atoms with Crippen LogP contribution in [0.2, 0.25) is 0 Å². The number of urea groups is 1. The number of nitrogens with two attached hydrogens (primary N) is 1. The fourth-order valence-corrected chi connectivity index (χ4v) is 2.05. The maximum Gasteiger partial charge on any atom is 0.322 e. The van der Waals surface area contributed by atoms with E-state index >= 15 is 0 Å². The lowest BCUT2D eigenvalue weighted by Gasteiger charge is -2.34. The summed E-state index contributed by atoms with van der Waals surface area (Å²) in [5.74, 6) is 0.756. The Hall–Kier alpha value is -1.79. The second-order valence-electron chi connectivity index (χ2n) is 4.87. The van der Waals surface area contributed by atoms with Crippen molar-refractivity contribution in [2.24, 2.45) is 5.73 Å². The first-order valence-corrected chi connectivity index (χ1v) is 6.67. The highest BCUT2D eigenvalue weighted by atomic mass is 16.5. The van der Waals surface area contributed by atoms with E-state index in [1.165, 1.54) is 0 Å². The maximum atomic E-state index is 12.2. The molecule has 0 spiro atoms. The van der Waals surface area contributed by atoms with Crippen LogP contribution in [-0.4, -0.2) is 49.9 Å². The van der Waals surface area contributed by atoms with E-state index < -0.39 is 0 Å². The number of methoxy groups -OCH3 is 1. The lowest BCUT2D eigenvalue weighted by Crippen LogP contribution is -2.52. The summed E-state index contributed by atoms with van der Waals surface area (Å²) in [5, 5.41) is 2.86. The maximum absolute atomic E-state index is 12.2. The fraction of sp³-hybridized carbons (Fsp3) is 0.500. The molecule has 3 N–H and O–H groups in total. The predicted octanol–water partition coefficient (Wildman–Crippen LogP) is 1.28. The van der Waals surface area contributed by atoms with Gasteiger partial charge in [-0.15, -0.1) is 0 Å². The number of ether oxygens (including phenoxy) is 2. The van der Waals surface area contributed by atoms with Crippen LogP contribution in [0.4, 0.5) is 10.5 Å². The Morgan fingerprint density at radius 3 is 2.80 bits per heavy atom. The molecule has 1 aromatic rings. The summed E-state index contributed by atoms with van der Waals surface area (Å²) in [4.78, 5) is 13.9. The van der Waals surface area contributed by atoms with Gasteiger partial charge in [0.05, 0.1) is 26.4 Å². The molecule has 1 saturated heterocycles. The molecule has 1 heterocycles. The van der Waals surface area contributed by atoms with Crippen molar-refractivity contribution in [3.8, 4) is 5.75 Å². The van der Waals surface area contributed by atoms with Gasteiger partial charge in [-0.05, 0) is 31.2 Å². The molecule has 0 radical (unpaired) electrons. The van der Waals surface area contributed by atoms with Crippen LogP contribution in [0, 0.1) is 0 Å². The standard InChI is InChI=1S/C14H21N3O3/c1-10(15)13-9-17(7-8-20-13)14(18)16-11-3-5-12(19-2)6-4-11/h3-6,10,13H,7-9,15H2,1-2H3,(H,16,18). The molecule has 0 aromatic heterocycles. The molecule has 0 saturated carbocycles. The Labute approximate surface area is 118 Å². The lowest BCUT2D eigenvalue weighted by atomic mass is 10.1. The first-order chi connectivity index (χ1) is 9.60. The molecule has 1 aromatic carbocycles. The second-order valence-corrected chi connectivity index (χ2v) is 4.87. The average molecular weight is 279 g/mol. The quantitative estimate of drug-likeness (QED) is 0.873. The van der Waals surface area contributed by atoms with Gasteiger partial charge in [0.25, 0.3) is 0 Å². The molecular weight excluding hydrogens is 258 g/mol. The number of carbonyl (C=O) groups is 1. The van der Waals surface area contributed by atoms with Crippen LogP contribution in [0.1, 0.15) is 6.92 Å². The van der Waals surface area contributed by atoms with Crippen molar-refractivity contribution in [1.82, 2.24) is 4.90 Å². The van der Waals surface area contributed by atoms with Crippen molar-refractivity contribution in [3.63, 3.8) is 0 Å². The van der Waals surface area contributed by atoms with E-state index in [0.717, 1.165) is 11.4 Å². The van der Waals surface area contributed by atoms with Crippen molar-refractivity contribution in [1.29, 1.82) is 0 Å². The molecule has 0 aliphatic carbocycles. The Morgan fingerprint density at radius 2 is 2.20 bits per heavy atom. The van der Waals surface area contributed by atoms with E-state index in [2.05, 4.69) is 5.32 Å². The van der Waals surface area contributed by atoms with Crippen molar-refractivity contribution < 1.29 is 14.3 Å². The Balaban J connectivity index is 1.93. The first kappa shape index (κ1) is 14.6. The molecular formula is C14H21N3O3. The van der Waals surface area contributed by atoms with Gasteiger partial charge in [0.2, 0.25) is 0 Å². The van der Waals surface area contributed by atoms with Gasteiger partial charge in [0.15, 0.2) is 0 Å². The Kier molecular flexibility index (Phi) is 4.81. The summed E-state index contributed by atoms with van der Waals surface area (Å²) >= 11 is 0. The van der Waals surface area contributed by atoms with Crippen LogP contribution in [-0.2, 0) is 4.74 Å². The number of anilines is 1. The van der Waals surface area contributed by atoms with E-state index in [1.807, 2.05) is 6.92 Å². The summed E-state index contributed by atoms with van der Waals surface area (Å²) in [6.07, 6.45) is -0.106. The van der Waals surface area contributed by atoms with Crippen molar-refractivity contribution in [3.05, 3.63) is 24.3 Å². The van der Waals surface area contributed by atoms with Gasteiger partial charge in [0, 0.05) is 18.3 Å². The van der Waals surface area contributed by atoms with Gasteiger partial charge in [-0.3, -0.25) is 0 Å². The third-order valence-corrected chi connectivity index (χ3v) is 3.31. The third-order valence-electron chi connectivity index (χ3n) is 3.31. The van der Waals surface area contributed by atoms with E-state index in [9.17, 15) is 4.79 Å². The highest BCUT2D eigenvalue weighted by molar-refractivity contribution is 5.89. The molecule has 20 heavy (non-hydrogen) atoms. The molecule has 2 unspecified atom stereocenters. The number of nitrogens with zero attached hydrogens (tertiary/aromatic N) is 1. The topological polar surface area (TPSA) is 76.8 Å². The number of rotatable bonds is 3. The summed E-state index contributed by atoms with van der Waals surface area (Å²) in [7, 11) is 1.61. The molecule has 2 rings (SSSR count). The van der Waals surface area contributed by atoms with Crippen LogP contribution >= 0.6 is 0 Å². The van der Waals surface area contributed by atoms with Gasteiger partial charge in [-0.2, -0.15) is 0 Å². The summed E-state index contributed by atoms with van der Waals surface area (Å²) in [5.41, 5.74) is 6.55. The number of hydrogen-bond donors (Lipinski definition) is 2. The molecule has 6 heteroatoms. The van der Waals surface area contributed by atoms with Crippen LogP contribution in [0.15, 0.2) is 24.3 Å². The van der Waals surface area contributed by atoms with Gasteiger partial charge >= 0.3 is 6.03 Å². The van der Waals surface area contributed by atoms with E-state index in [4.69, 9.17) is 15.2 Å². The average Bonchev–Trinajstić information content (AvgIpc) is 2.48. The number of hydrogen-bond acceptors (Lipinski definition) is 4. The molecule has 1 aliphatic rings. The highest BCUT2D eigenvalue weighted by Crippen LogP contribution is 2.16. The summed E-state index contributed by atoms with van der Waals surface area (Å²) in [6, 6.07) is 7.00. The van der Waals surface area contributed by atoms with Crippen LogP contribution in [0.5, 0.6) is 5.75 Å². The minimum atomic E-state index is -0.135. The summed E-state index contributed by atoms with van der Waals surface area (Å²) in [6.45, 7) is 3.49. The zero-order chi connectivity index (χ0) is 14.5. The third kappa shape index (κ3) is 3.61. The lowest BCUT2D eigenvalue weighted by molar-refractivity contribution is -0.0220. The van der Waals surface area contributed by atoms with Gasteiger partial charge in [-0.25, -0.2) is 4.79 Å². The Bertz CT molecular complexity index is 447. The second kappa shape index (κ2) is 6.58. The number of carbonyl (C=O) groups excluding carboxylic acids is 1. The zero-order valence-corrected chi connectivity index (χ0v) is 11.8. The van der Waals surface area contributed by atoms with Crippen LogP contribution < -0.4 is 15.8 Å². The minimum absolute atomic E-state index is 0.0911. The van der Waals surface area contributed by atoms with Crippen LogP contribution in [0.25, 0.3) is 0 Å². The van der Waals surface area contributed by atoms with Crippen LogP contribution in [0.3, 0.4) is 0 Å². The Morgan fingerprint density at radius 1 is 1.50 bits per heavy atom. The van der Waals surface area contributed by atoms with E-state index in [1.54, 1.807) is 36.3 Å². The number of morpholine rings is 1. The summed E-state index contributed by atoms with van der Waals surface area (Å²) < 4.78 is 10.6. The number of benzene rings is 1. The molecule has 0 bridgehead atoms. The van der Waals surface area contributed by atoms with Crippen molar-refractivity contribution >= 4 is 11.7 Å². The smallest absolute Gasteiger partial charge is 0.322 e.